The van der Waals surface area contributed by atoms with E-state index in [0.717, 1.165) is 22.0 Å². The van der Waals surface area contributed by atoms with Gasteiger partial charge < -0.3 is 10.4 Å². The van der Waals surface area contributed by atoms with E-state index in [4.69, 9.17) is 0 Å². The summed E-state index contributed by atoms with van der Waals surface area (Å²) in [5.74, 6) is -0.537. The molecule has 1 saturated heterocycles. The minimum Gasteiger partial charge on any atom is -0.385 e. The van der Waals surface area contributed by atoms with Crippen molar-refractivity contribution in [2.24, 2.45) is 0 Å². The normalized spacial score (nSPS) is 20.7. The summed E-state index contributed by atoms with van der Waals surface area (Å²) in [6.07, 6.45) is 0.741. The molecule has 0 bridgehead atoms. The Bertz CT molecular complexity index is 1020. The maximum absolute atomic E-state index is 12.0. The third-order valence-electron chi connectivity index (χ3n) is 4.84. The van der Waals surface area contributed by atoms with Crippen molar-refractivity contribution in [3.05, 3.63) is 66.4 Å². The third kappa shape index (κ3) is 2.60. The molecular formula is C20H18N3O3+. The van der Waals surface area contributed by atoms with E-state index < -0.39 is 23.6 Å². The van der Waals surface area contributed by atoms with Gasteiger partial charge in [-0.1, -0.05) is 24.3 Å². The summed E-state index contributed by atoms with van der Waals surface area (Å²) < 4.78 is 0. The number of fused-ring (bicyclic) bond motifs is 1. The van der Waals surface area contributed by atoms with Crippen LogP contribution in [0.3, 0.4) is 0 Å². The Morgan fingerprint density at radius 1 is 1.04 bits per heavy atom. The zero-order valence-corrected chi connectivity index (χ0v) is 14.1. The number of carbonyl (C=O) groups is 2. The second-order valence-corrected chi connectivity index (χ2v) is 6.61. The van der Waals surface area contributed by atoms with Crippen LogP contribution >= 0.6 is 0 Å². The second-order valence-electron chi connectivity index (χ2n) is 6.61. The molecule has 1 aliphatic rings. The molecule has 1 unspecified atom stereocenters. The number of nitrogens with one attached hydrogen (secondary N) is 3. The van der Waals surface area contributed by atoms with Crippen LogP contribution in [0.25, 0.3) is 22.0 Å². The first-order valence-corrected chi connectivity index (χ1v) is 8.30. The summed E-state index contributed by atoms with van der Waals surface area (Å²) in [6, 6.07) is 16.8. The Morgan fingerprint density at radius 3 is 2.46 bits per heavy atom. The number of hydrogen-bond acceptors (Lipinski definition) is 3. The van der Waals surface area contributed by atoms with Gasteiger partial charge in [-0.3, -0.25) is 10.1 Å². The van der Waals surface area contributed by atoms with Crippen molar-refractivity contribution in [2.45, 2.75) is 18.6 Å². The highest BCUT2D eigenvalue weighted by Gasteiger charge is 2.48. The van der Waals surface area contributed by atoms with Crippen LogP contribution in [0.4, 0.5) is 4.79 Å². The Morgan fingerprint density at radius 2 is 1.77 bits per heavy atom. The molecule has 1 fully saturated rings. The fourth-order valence-electron chi connectivity index (χ4n) is 3.24. The lowest BCUT2D eigenvalue weighted by molar-refractivity contribution is -0.344. The van der Waals surface area contributed by atoms with Crippen LogP contribution in [0.5, 0.6) is 0 Å². The van der Waals surface area contributed by atoms with E-state index in [1.165, 1.54) is 6.92 Å². The molecule has 0 spiro atoms. The molecule has 6 nitrogen and oxygen atoms in total. The van der Waals surface area contributed by atoms with Gasteiger partial charge in [0, 0.05) is 17.5 Å². The van der Waals surface area contributed by atoms with Crippen LogP contribution in [0.1, 0.15) is 18.6 Å². The first kappa shape index (κ1) is 16.2. The number of carbonyl (C=O) groups excluding carboxylic acids is 2. The molecule has 1 aliphatic heterocycles. The van der Waals surface area contributed by atoms with Crippen molar-refractivity contribution >= 4 is 22.8 Å². The van der Waals surface area contributed by atoms with Gasteiger partial charge in [-0.2, -0.15) is 0 Å². The van der Waals surface area contributed by atoms with Gasteiger partial charge >= 0.3 is 6.03 Å². The molecule has 4 rings (SSSR count). The molecule has 0 aliphatic carbocycles. The number of hydrogen-bond donors (Lipinski definition) is 3. The summed E-state index contributed by atoms with van der Waals surface area (Å²) in [4.78, 5) is 26.6. The maximum Gasteiger partial charge on any atom is 0.322 e. The average Bonchev–Trinajstić information content (AvgIpc) is 2.93. The zero-order chi connectivity index (χ0) is 18.3. The first-order valence-electron chi connectivity index (χ1n) is 8.30. The molecule has 1 aromatic heterocycles. The summed E-state index contributed by atoms with van der Waals surface area (Å²) in [7, 11) is 0. The van der Waals surface area contributed by atoms with Gasteiger partial charge in [0.15, 0.2) is 6.20 Å². The standard InChI is InChI=1S/C20H17N3O3/c1-20(18(25)22-19(26)23-20)17(24)13-6-4-12(5-7-13)14-8-9-16-15(11-14)3-2-10-21-16/h2-11,17,24H,1H3,(H2,22,23,25,26)/p+1/t17?,20-/m1/s1. The second kappa shape index (κ2) is 5.93. The monoisotopic (exact) mass is 348 g/mol. The summed E-state index contributed by atoms with van der Waals surface area (Å²) in [5.41, 5.74) is 2.28. The van der Waals surface area contributed by atoms with Crippen molar-refractivity contribution in [2.75, 3.05) is 0 Å². The number of imide groups is 1. The van der Waals surface area contributed by atoms with Crippen molar-refractivity contribution < 1.29 is 19.7 Å². The summed E-state index contributed by atoms with van der Waals surface area (Å²) in [5, 5.41) is 16.3. The van der Waals surface area contributed by atoms with Crippen LogP contribution < -0.4 is 15.6 Å². The number of aliphatic hydroxyl groups excluding tert-OH is 1. The van der Waals surface area contributed by atoms with Gasteiger partial charge in [0.1, 0.15) is 11.6 Å². The lowest BCUT2D eigenvalue weighted by Gasteiger charge is -2.27. The van der Waals surface area contributed by atoms with Crippen LogP contribution in [0.2, 0.25) is 0 Å². The number of urea groups is 1. The predicted octanol–water partition coefficient (Wildman–Crippen LogP) is 1.95. The summed E-state index contributed by atoms with van der Waals surface area (Å²) in [6.45, 7) is 1.51. The lowest BCUT2D eigenvalue weighted by Crippen LogP contribution is -2.49. The van der Waals surface area contributed by atoms with Crippen molar-refractivity contribution in [3.63, 3.8) is 0 Å². The number of aromatic amines is 1. The molecule has 6 heteroatoms. The molecule has 2 aromatic carbocycles. The quantitative estimate of drug-likeness (QED) is 0.632. The van der Waals surface area contributed by atoms with E-state index in [9.17, 15) is 14.7 Å². The highest BCUT2D eigenvalue weighted by Crippen LogP contribution is 2.30. The van der Waals surface area contributed by atoms with Crippen LogP contribution in [-0.2, 0) is 4.79 Å². The maximum atomic E-state index is 12.0. The Labute approximate surface area is 149 Å². The van der Waals surface area contributed by atoms with E-state index in [1.807, 2.05) is 42.6 Å². The Balaban J connectivity index is 1.64. The van der Waals surface area contributed by atoms with Crippen LogP contribution in [0, 0.1) is 0 Å². The van der Waals surface area contributed by atoms with E-state index in [-0.39, 0.29) is 0 Å². The van der Waals surface area contributed by atoms with Gasteiger partial charge in [-0.05, 0) is 41.8 Å². The number of aromatic nitrogens is 1. The molecule has 2 atom stereocenters. The number of benzene rings is 2. The Kier molecular flexibility index (Phi) is 3.70. The van der Waals surface area contributed by atoms with Gasteiger partial charge in [0.25, 0.3) is 5.91 Å². The molecule has 26 heavy (non-hydrogen) atoms. The van der Waals surface area contributed by atoms with Crippen molar-refractivity contribution in [3.8, 4) is 11.1 Å². The number of amides is 3. The fourth-order valence-corrected chi connectivity index (χ4v) is 3.24. The third-order valence-corrected chi connectivity index (χ3v) is 4.84. The number of H-pyrrole nitrogens is 1. The van der Waals surface area contributed by atoms with E-state index in [1.54, 1.807) is 12.1 Å². The van der Waals surface area contributed by atoms with Gasteiger partial charge in [-0.15, -0.1) is 0 Å². The molecule has 3 amide bonds. The topological polar surface area (TPSA) is 92.6 Å². The molecule has 130 valence electrons. The smallest absolute Gasteiger partial charge is 0.322 e. The number of pyridine rings is 1. The van der Waals surface area contributed by atoms with E-state index >= 15 is 0 Å². The molecular weight excluding hydrogens is 330 g/mol. The predicted molar refractivity (Wildman–Crippen MR) is 96.0 cm³/mol. The van der Waals surface area contributed by atoms with Gasteiger partial charge in [0.05, 0.1) is 0 Å². The molecule has 0 radical (unpaired) electrons. The fraction of sp³-hybridized carbons (Fsp3) is 0.150. The van der Waals surface area contributed by atoms with Crippen LogP contribution in [-0.4, -0.2) is 22.6 Å². The zero-order valence-electron chi connectivity index (χ0n) is 14.1. The highest BCUT2D eigenvalue weighted by atomic mass is 16.3. The van der Waals surface area contributed by atoms with Crippen molar-refractivity contribution in [1.82, 2.24) is 10.6 Å². The Hall–Kier alpha value is -3.25. The number of aliphatic hydroxyl groups is 1. The molecule has 4 N–H and O–H groups in total. The number of rotatable bonds is 3. The minimum atomic E-state index is -1.38. The SMILES string of the molecule is C[C@]1(C(O)c2ccc(-c3ccc4[nH+]cccc4c3)cc2)NC(=O)NC1=O. The minimum absolute atomic E-state index is 0.537. The molecule has 0 saturated carbocycles. The first-order chi connectivity index (χ1) is 12.5. The lowest BCUT2D eigenvalue weighted by atomic mass is 9.88. The molecule has 2 heterocycles. The van der Waals surface area contributed by atoms with Crippen molar-refractivity contribution in [1.29, 1.82) is 0 Å². The van der Waals surface area contributed by atoms with Gasteiger partial charge in [0.2, 0.25) is 5.52 Å². The molecule has 3 aromatic rings. The average molecular weight is 348 g/mol. The largest absolute Gasteiger partial charge is 0.385 e. The van der Waals surface area contributed by atoms with E-state index in [0.29, 0.717) is 5.56 Å². The highest BCUT2D eigenvalue weighted by molar-refractivity contribution is 6.07. The summed E-state index contributed by atoms with van der Waals surface area (Å²) >= 11 is 0. The van der Waals surface area contributed by atoms with Crippen LogP contribution in [0.15, 0.2) is 60.8 Å². The van der Waals surface area contributed by atoms with E-state index in [2.05, 4.69) is 21.7 Å². The van der Waals surface area contributed by atoms with Gasteiger partial charge in [-0.25, -0.2) is 9.78 Å².